The Labute approximate surface area is 173 Å². The van der Waals surface area contributed by atoms with E-state index in [9.17, 15) is 4.79 Å². The summed E-state index contributed by atoms with van der Waals surface area (Å²) in [6, 6.07) is 12.4. The number of nitrogens with one attached hydrogen (secondary N) is 1. The van der Waals surface area contributed by atoms with Gasteiger partial charge in [-0.05, 0) is 43.4 Å². The van der Waals surface area contributed by atoms with E-state index in [0.717, 1.165) is 5.56 Å². The lowest BCUT2D eigenvalue weighted by Crippen LogP contribution is -2.71. The lowest BCUT2D eigenvalue weighted by molar-refractivity contribution is -0.157. The molecule has 1 saturated heterocycles. The summed E-state index contributed by atoms with van der Waals surface area (Å²) in [5.41, 5.74) is 0.352. The van der Waals surface area contributed by atoms with E-state index in [1.807, 2.05) is 37.3 Å². The van der Waals surface area contributed by atoms with Gasteiger partial charge in [0.2, 0.25) is 5.72 Å². The van der Waals surface area contributed by atoms with Crippen LogP contribution in [0.25, 0.3) is 0 Å². The van der Waals surface area contributed by atoms with Crippen molar-refractivity contribution in [2.45, 2.75) is 18.7 Å². The number of esters is 1. The molecule has 0 saturated carbocycles. The molecule has 6 nitrogen and oxygen atoms in total. The summed E-state index contributed by atoms with van der Waals surface area (Å²) < 4.78 is 17.1. The number of hydrogen-bond acceptors (Lipinski definition) is 5. The Morgan fingerprint density at radius 1 is 1.29 bits per heavy atom. The number of para-hydroxylation sites is 1. The third-order valence-electron chi connectivity index (χ3n) is 5.23. The highest BCUT2D eigenvalue weighted by atomic mass is 35.5. The van der Waals surface area contributed by atoms with Crippen molar-refractivity contribution in [3.63, 3.8) is 0 Å². The second kappa shape index (κ2) is 6.83. The molecule has 28 heavy (non-hydrogen) atoms. The third kappa shape index (κ3) is 2.69. The van der Waals surface area contributed by atoms with Crippen LogP contribution in [0.5, 0.6) is 11.5 Å². The maximum Gasteiger partial charge on any atom is 0.317 e. The summed E-state index contributed by atoms with van der Waals surface area (Å²) in [6.45, 7) is 1.82. The van der Waals surface area contributed by atoms with Gasteiger partial charge in [0.25, 0.3) is 0 Å². The van der Waals surface area contributed by atoms with Crippen molar-refractivity contribution >= 4 is 40.6 Å². The first-order valence-electron chi connectivity index (χ1n) is 8.70. The number of benzene rings is 2. The molecular weight excluding hydrogens is 400 g/mol. The number of carbonyl (C=O) groups is 1. The van der Waals surface area contributed by atoms with Gasteiger partial charge in [-0.2, -0.15) is 0 Å². The molecule has 1 N–H and O–H groups in total. The summed E-state index contributed by atoms with van der Waals surface area (Å²) in [7, 11) is 2.95. The van der Waals surface area contributed by atoms with E-state index in [4.69, 9.17) is 38.0 Å². The molecule has 0 unspecified atom stereocenters. The molecule has 146 valence electrons. The molecule has 0 spiro atoms. The van der Waals surface area contributed by atoms with Crippen LogP contribution in [0.3, 0.4) is 0 Å². The topological polar surface area (TPSA) is 60.0 Å². The van der Waals surface area contributed by atoms with Gasteiger partial charge < -0.3 is 19.5 Å². The third-order valence-corrected chi connectivity index (χ3v) is 5.77. The molecule has 3 atom stereocenters. The number of thiocarbonyl (C=S) groups is 1. The highest BCUT2D eigenvalue weighted by Crippen LogP contribution is 2.52. The molecule has 0 aromatic heterocycles. The predicted octanol–water partition coefficient (Wildman–Crippen LogP) is 3.68. The van der Waals surface area contributed by atoms with Gasteiger partial charge in [0.05, 0.1) is 20.3 Å². The minimum atomic E-state index is -1.15. The quantitative estimate of drug-likeness (QED) is 0.602. The van der Waals surface area contributed by atoms with Gasteiger partial charge in [-0.1, -0.05) is 29.8 Å². The molecule has 2 aromatic rings. The van der Waals surface area contributed by atoms with E-state index < -0.39 is 23.7 Å². The minimum Gasteiger partial charge on any atom is -0.493 e. The fourth-order valence-electron chi connectivity index (χ4n) is 4.02. The largest absolute Gasteiger partial charge is 0.493 e. The number of rotatable bonds is 3. The monoisotopic (exact) mass is 418 g/mol. The van der Waals surface area contributed by atoms with Crippen molar-refractivity contribution in [2.24, 2.45) is 5.92 Å². The maximum absolute atomic E-state index is 12.8. The molecule has 2 aliphatic rings. The van der Waals surface area contributed by atoms with Crippen LogP contribution in [-0.4, -0.2) is 31.0 Å². The average Bonchev–Trinajstić information content (AvgIpc) is 2.66. The molecule has 2 bridgehead atoms. The highest BCUT2D eigenvalue weighted by molar-refractivity contribution is 7.80. The van der Waals surface area contributed by atoms with Crippen LogP contribution in [0.4, 0.5) is 5.69 Å². The summed E-state index contributed by atoms with van der Waals surface area (Å²) in [4.78, 5) is 14.6. The molecule has 2 aromatic carbocycles. The fourth-order valence-corrected chi connectivity index (χ4v) is 4.62. The van der Waals surface area contributed by atoms with E-state index in [2.05, 4.69) is 5.32 Å². The second-order valence-corrected chi connectivity index (χ2v) is 7.60. The Bertz CT molecular complexity index is 969. The zero-order valence-electron chi connectivity index (χ0n) is 15.6. The Morgan fingerprint density at radius 2 is 2.04 bits per heavy atom. The Kier molecular flexibility index (Phi) is 4.59. The smallest absolute Gasteiger partial charge is 0.317 e. The number of halogens is 1. The first kappa shape index (κ1) is 18.8. The molecule has 2 aliphatic heterocycles. The summed E-state index contributed by atoms with van der Waals surface area (Å²) >= 11 is 11.9. The first-order valence-corrected chi connectivity index (χ1v) is 9.49. The van der Waals surface area contributed by atoms with Gasteiger partial charge in [0.1, 0.15) is 5.92 Å². The Morgan fingerprint density at radius 3 is 2.71 bits per heavy atom. The van der Waals surface area contributed by atoms with Gasteiger partial charge in [-0.15, -0.1) is 0 Å². The zero-order valence-corrected chi connectivity index (χ0v) is 17.1. The number of nitrogens with zero attached hydrogens (tertiary/aromatic N) is 1. The van der Waals surface area contributed by atoms with E-state index in [1.54, 1.807) is 24.1 Å². The second-order valence-electron chi connectivity index (χ2n) is 6.78. The molecule has 0 aliphatic carbocycles. The van der Waals surface area contributed by atoms with Crippen molar-refractivity contribution in [1.29, 1.82) is 0 Å². The van der Waals surface area contributed by atoms with Crippen LogP contribution in [0, 0.1) is 5.92 Å². The van der Waals surface area contributed by atoms with E-state index in [-0.39, 0.29) is 0 Å². The number of fused-ring (bicyclic) bond motifs is 4. The average molecular weight is 419 g/mol. The lowest BCUT2D eigenvalue weighted by atomic mass is 9.79. The molecule has 1 fully saturated rings. The van der Waals surface area contributed by atoms with Gasteiger partial charge >= 0.3 is 5.97 Å². The van der Waals surface area contributed by atoms with E-state index in [0.29, 0.717) is 27.3 Å². The Hall–Kier alpha value is -2.51. The SMILES string of the molecule is COC(=O)[C@H]1[C@H]2NC(=S)N(c3cccc(Cl)c3)[C@@]1(C)Oc1c(OC)cccc12. The summed E-state index contributed by atoms with van der Waals surface area (Å²) in [6.07, 6.45) is 0. The van der Waals surface area contributed by atoms with Crippen LogP contribution in [0.2, 0.25) is 5.02 Å². The number of hydrogen-bond donors (Lipinski definition) is 1. The maximum atomic E-state index is 12.8. The summed E-state index contributed by atoms with van der Waals surface area (Å²) in [5.74, 6) is 0.0724. The van der Waals surface area contributed by atoms with Crippen molar-refractivity contribution < 1.29 is 19.0 Å². The predicted molar refractivity (Wildman–Crippen MR) is 110 cm³/mol. The van der Waals surface area contributed by atoms with Gasteiger partial charge in [0, 0.05) is 16.3 Å². The van der Waals surface area contributed by atoms with E-state index in [1.165, 1.54) is 7.11 Å². The standard InChI is InChI=1S/C20H19ClN2O4S/c1-20-15(18(24)26-3)16(13-8-5-9-14(25-2)17(13)27-20)22-19(28)23(20)12-7-4-6-11(21)10-12/h4-10,15-16H,1-3H3,(H,22,28)/t15-,16+,20+/m1/s1. The van der Waals surface area contributed by atoms with E-state index >= 15 is 0 Å². The highest BCUT2D eigenvalue weighted by Gasteiger charge is 2.60. The van der Waals surface area contributed by atoms with Crippen molar-refractivity contribution in [3.8, 4) is 11.5 Å². The number of methoxy groups -OCH3 is 2. The van der Waals surface area contributed by atoms with Crippen molar-refractivity contribution in [3.05, 3.63) is 53.1 Å². The van der Waals surface area contributed by atoms with Crippen LogP contribution in [0.15, 0.2) is 42.5 Å². The molecule has 2 heterocycles. The minimum absolute atomic E-state index is 0.400. The van der Waals surface area contributed by atoms with Crippen LogP contribution >= 0.6 is 23.8 Å². The Balaban J connectivity index is 1.94. The van der Waals surface area contributed by atoms with Gasteiger partial charge in [-0.3, -0.25) is 9.69 Å². The molecular formula is C20H19ClN2O4S. The first-order chi connectivity index (χ1) is 13.4. The van der Waals surface area contributed by atoms with Crippen LogP contribution in [0.1, 0.15) is 18.5 Å². The summed E-state index contributed by atoms with van der Waals surface area (Å²) in [5, 5.41) is 4.28. The number of anilines is 1. The number of carbonyl (C=O) groups excluding carboxylic acids is 1. The van der Waals surface area contributed by atoms with Crippen molar-refractivity contribution in [2.75, 3.05) is 19.1 Å². The number of ether oxygens (including phenoxy) is 3. The normalized spacial score (nSPS) is 25.3. The molecule has 0 amide bonds. The fraction of sp³-hybridized carbons (Fsp3) is 0.300. The van der Waals surface area contributed by atoms with Crippen molar-refractivity contribution in [1.82, 2.24) is 5.32 Å². The van der Waals surface area contributed by atoms with Crippen LogP contribution < -0.4 is 19.7 Å². The molecule has 0 radical (unpaired) electrons. The van der Waals surface area contributed by atoms with Gasteiger partial charge in [-0.25, -0.2) is 0 Å². The van der Waals surface area contributed by atoms with Gasteiger partial charge in [0.15, 0.2) is 16.6 Å². The molecule has 8 heteroatoms. The zero-order chi connectivity index (χ0) is 20.1. The van der Waals surface area contributed by atoms with Crippen LogP contribution in [-0.2, 0) is 9.53 Å². The lowest BCUT2D eigenvalue weighted by Gasteiger charge is -2.55. The molecule has 4 rings (SSSR count).